The van der Waals surface area contributed by atoms with Crippen molar-refractivity contribution in [2.75, 3.05) is 16.8 Å². The molecule has 2 aliphatic rings. The molecule has 0 saturated carbocycles. The SMILES string of the molecule is O=C(CN1N=N[C@H]2C(=O)N(c3ccc(Br)cc3)C(=O)[C@H]21)Nc1cc(F)ccc1F. The summed E-state index contributed by atoms with van der Waals surface area (Å²) in [5, 5.41) is 10.8. The lowest BCUT2D eigenvalue weighted by molar-refractivity contribution is -0.123. The molecule has 0 aliphatic carbocycles. The Balaban J connectivity index is 1.49. The van der Waals surface area contributed by atoms with Gasteiger partial charge in [0.2, 0.25) is 5.91 Å². The number of hydrogen-bond donors (Lipinski definition) is 1. The van der Waals surface area contributed by atoms with Gasteiger partial charge in [0.1, 0.15) is 18.2 Å². The molecule has 8 nitrogen and oxygen atoms in total. The minimum atomic E-state index is -1.07. The smallest absolute Gasteiger partial charge is 0.263 e. The summed E-state index contributed by atoms with van der Waals surface area (Å²) >= 11 is 3.28. The molecule has 2 heterocycles. The number of nitrogens with zero attached hydrogens (tertiary/aromatic N) is 4. The summed E-state index contributed by atoms with van der Waals surface area (Å²) in [4.78, 5) is 38.7. The number of nitrogens with one attached hydrogen (secondary N) is 1. The zero-order chi connectivity index (χ0) is 20.7. The first kappa shape index (κ1) is 19.1. The highest BCUT2D eigenvalue weighted by atomic mass is 79.9. The number of hydrogen-bond acceptors (Lipinski definition) is 6. The second kappa shape index (κ2) is 7.32. The molecule has 2 aliphatic heterocycles. The zero-order valence-corrected chi connectivity index (χ0v) is 16.1. The Morgan fingerprint density at radius 1 is 1.10 bits per heavy atom. The van der Waals surface area contributed by atoms with E-state index in [9.17, 15) is 23.2 Å². The highest BCUT2D eigenvalue weighted by molar-refractivity contribution is 9.10. The van der Waals surface area contributed by atoms with Crippen molar-refractivity contribution in [1.82, 2.24) is 5.01 Å². The van der Waals surface area contributed by atoms with Crippen molar-refractivity contribution in [3.05, 3.63) is 58.6 Å². The van der Waals surface area contributed by atoms with Gasteiger partial charge in [0.15, 0.2) is 12.1 Å². The molecule has 1 N–H and O–H groups in total. The van der Waals surface area contributed by atoms with Gasteiger partial charge in [0.05, 0.1) is 11.4 Å². The van der Waals surface area contributed by atoms with Crippen molar-refractivity contribution in [3.63, 3.8) is 0 Å². The van der Waals surface area contributed by atoms with Crippen LogP contribution in [-0.2, 0) is 14.4 Å². The van der Waals surface area contributed by atoms with Crippen LogP contribution in [0.25, 0.3) is 0 Å². The summed E-state index contributed by atoms with van der Waals surface area (Å²) < 4.78 is 27.7. The molecule has 2 aromatic carbocycles. The number of benzene rings is 2. The second-order valence-electron chi connectivity index (χ2n) is 6.35. The van der Waals surface area contributed by atoms with E-state index in [4.69, 9.17) is 0 Å². The molecule has 4 rings (SSSR count). The number of carbonyl (C=O) groups is 3. The van der Waals surface area contributed by atoms with Crippen molar-refractivity contribution in [1.29, 1.82) is 0 Å². The van der Waals surface area contributed by atoms with Gasteiger partial charge in [-0.2, -0.15) is 5.11 Å². The summed E-state index contributed by atoms with van der Waals surface area (Å²) in [5.41, 5.74) is 0.0343. The average Bonchev–Trinajstić information content (AvgIpc) is 3.19. The fraction of sp³-hybridized carbons (Fsp3) is 0.167. The Bertz CT molecular complexity index is 1050. The van der Waals surface area contributed by atoms with E-state index in [1.54, 1.807) is 24.3 Å². The summed E-state index contributed by atoms with van der Waals surface area (Å²) in [5.74, 6) is -3.39. The van der Waals surface area contributed by atoms with Crippen LogP contribution in [0.4, 0.5) is 20.2 Å². The van der Waals surface area contributed by atoms with Crippen LogP contribution in [0.2, 0.25) is 0 Å². The Hall–Kier alpha value is -3.21. The van der Waals surface area contributed by atoms with Crippen LogP contribution >= 0.6 is 15.9 Å². The quantitative estimate of drug-likeness (QED) is 0.705. The molecule has 0 bridgehead atoms. The van der Waals surface area contributed by atoms with E-state index < -0.39 is 48.0 Å². The van der Waals surface area contributed by atoms with E-state index in [0.29, 0.717) is 5.69 Å². The largest absolute Gasteiger partial charge is 0.322 e. The van der Waals surface area contributed by atoms with Gasteiger partial charge in [-0.3, -0.25) is 19.4 Å². The molecule has 2 aromatic rings. The number of rotatable bonds is 4. The number of anilines is 2. The fourth-order valence-electron chi connectivity index (χ4n) is 3.13. The lowest BCUT2D eigenvalue weighted by atomic mass is 10.1. The molecule has 0 aromatic heterocycles. The van der Waals surface area contributed by atoms with E-state index >= 15 is 0 Å². The highest BCUT2D eigenvalue weighted by Crippen LogP contribution is 2.32. The number of halogens is 3. The molecule has 0 radical (unpaired) electrons. The van der Waals surface area contributed by atoms with Gasteiger partial charge >= 0.3 is 0 Å². The van der Waals surface area contributed by atoms with Gasteiger partial charge in [0, 0.05) is 10.5 Å². The zero-order valence-electron chi connectivity index (χ0n) is 14.6. The molecular weight excluding hydrogens is 452 g/mol. The third kappa shape index (κ3) is 3.48. The Kier molecular flexibility index (Phi) is 4.82. The summed E-state index contributed by atoms with van der Waals surface area (Å²) in [6, 6.07) is 7.06. The number of imide groups is 1. The molecule has 148 valence electrons. The predicted octanol–water partition coefficient (Wildman–Crippen LogP) is 2.66. The molecule has 11 heteroatoms. The number of carbonyl (C=O) groups excluding carboxylic acids is 3. The highest BCUT2D eigenvalue weighted by Gasteiger charge is 2.55. The van der Waals surface area contributed by atoms with Crippen molar-refractivity contribution < 1.29 is 23.2 Å². The molecular formula is C18H12BrF2N5O3. The van der Waals surface area contributed by atoms with Gasteiger partial charge in [0.25, 0.3) is 11.8 Å². The summed E-state index contributed by atoms with van der Waals surface area (Å²) in [6.07, 6.45) is 0. The number of fused-ring (bicyclic) bond motifs is 1. The monoisotopic (exact) mass is 463 g/mol. The first-order valence-electron chi connectivity index (χ1n) is 8.41. The Morgan fingerprint density at radius 3 is 2.55 bits per heavy atom. The van der Waals surface area contributed by atoms with E-state index in [-0.39, 0.29) is 5.69 Å². The molecule has 2 atom stereocenters. The fourth-order valence-corrected chi connectivity index (χ4v) is 3.39. The first-order chi connectivity index (χ1) is 13.8. The Labute approximate surface area is 171 Å². The van der Waals surface area contributed by atoms with Gasteiger partial charge in [-0.25, -0.2) is 13.7 Å². The minimum absolute atomic E-state index is 0.340. The van der Waals surface area contributed by atoms with Crippen LogP contribution in [0.5, 0.6) is 0 Å². The van der Waals surface area contributed by atoms with Gasteiger partial charge in [-0.05, 0) is 36.4 Å². The van der Waals surface area contributed by atoms with E-state index in [1.165, 1.54) is 0 Å². The average molecular weight is 464 g/mol. The lowest BCUT2D eigenvalue weighted by Crippen LogP contribution is -2.43. The van der Waals surface area contributed by atoms with Gasteiger partial charge in [-0.15, -0.1) is 0 Å². The van der Waals surface area contributed by atoms with Crippen LogP contribution in [0.15, 0.2) is 57.3 Å². The van der Waals surface area contributed by atoms with Crippen molar-refractivity contribution in [2.45, 2.75) is 12.1 Å². The lowest BCUT2D eigenvalue weighted by Gasteiger charge is -2.20. The third-order valence-electron chi connectivity index (χ3n) is 4.45. The number of amides is 3. The molecule has 0 unspecified atom stereocenters. The van der Waals surface area contributed by atoms with Gasteiger partial charge in [-0.1, -0.05) is 21.2 Å². The van der Waals surface area contributed by atoms with E-state index in [2.05, 4.69) is 31.6 Å². The topological polar surface area (TPSA) is 94.4 Å². The van der Waals surface area contributed by atoms with Crippen LogP contribution in [0.3, 0.4) is 0 Å². The summed E-state index contributed by atoms with van der Waals surface area (Å²) in [7, 11) is 0. The molecule has 29 heavy (non-hydrogen) atoms. The molecule has 1 saturated heterocycles. The van der Waals surface area contributed by atoms with Crippen LogP contribution in [0, 0.1) is 11.6 Å². The van der Waals surface area contributed by atoms with E-state index in [1.807, 2.05) is 0 Å². The van der Waals surface area contributed by atoms with E-state index in [0.717, 1.165) is 32.6 Å². The normalized spacial score (nSPS) is 20.4. The summed E-state index contributed by atoms with van der Waals surface area (Å²) in [6.45, 7) is -0.464. The van der Waals surface area contributed by atoms with Crippen LogP contribution < -0.4 is 10.2 Å². The van der Waals surface area contributed by atoms with Crippen LogP contribution in [0.1, 0.15) is 0 Å². The van der Waals surface area contributed by atoms with Gasteiger partial charge < -0.3 is 5.32 Å². The molecule has 3 amide bonds. The molecule has 0 spiro atoms. The predicted molar refractivity (Wildman–Crippen MR) is 101 cm³/mol. The first-order valence-corrected chi connectivity index (χ1v) is 9.20. The van der Waals surface area contributed by atoms with Crippen molar-refractivity contribution in [2.24, 2.45) is 10.3 Å². The maximum absolute atomic E-state index is 13.7. The standard InChI is InChI=1S/C18H12BrF2N5O3/c19-9-1-4-11(5-2-9)26-17(28)15-16(18(26)29)25(24-23-15)8-14(27)22-13-7-10(20)3-6-12(13)21/h1-7,15-16H,8H2,(H,22,27)/t15-,16+/m1/s1. The van der Waals surface area contributed by atoms with Crippen molar-refractivity contribution in [3.8, 4) is 0 Å². The molecule has 1 fully saturated rings. The maximum atomic E-state index is 13.7. The Morgan fingerprint density at radius 2 is 1.83 bits per heavy atom. The maximum Gasteiger partial charge on any atom is 0.263 e. The second-order valence-corrected chi connectivity index (χ2v) is 7.27. The third-order valence-corrected chi connectivity index (χ3v) is 4.98. The van der Waals surface area contributed by atoms with Crippen molar-refractivity contribution >= 4 is 45.0 Å². The van der Waals surface area contributed by atoms with Crippen LogP contribution in [-0.4, -0.2) is 41.4 Å². The minimum Gasteiger partial charge on any atom is -0.322 e.